The molecule has 148 valence electrons. The molecule has 5 nitrogen and oxygen atoms in total. The van der Waals surface area contributed by atoms with E-state index in [0.29, 0.717) is 16.6 Å². The summed E-state index contributed by atoms with van der Waals surface area (Å²) in [7, 11) is 0. The number of carbonyl (C=O) groups is 1. The summed E-state index contributed by atoms with van der Waals surface area (Å²) in [5.74, 6) is 0.170. The van der Waals surface area contributed by atoms with Crippen LogP contribution in [0.15, 0.2) is 76.8 Å². The summed E-state index contributed by atoms with van der Waals surface area (Å²) in [5.41, 5.74) is 2.55. The summed E-state index contributed by atoms with van der Waals surface area (Å²) in [6.45, 7) is 2.53. The topological polar surface area (TPSA) is 62.1 Å². The highest BCUT2D eigenvalue weighted by Crippen LogP contribution is 2.35. The molecular formula is C23H22N2O3S. The lowest BCUT2D eigenvalue weighted by Gasteiger charge is -2.22. The van der Waals surface area contributed by atoms with Crippen LogP contribution in [0.1, 0.15) is 18.1 Å². The second-order valence-corrected chi connectivity index (χ2v) is 8.03. The maximum atomic E-state index is 13.2. The van der Waals surface area contributed by atoms with Gasteiger partial charge in [-0.05, 0) is 47.2 Å². The molecule has 0 spiro atoms. The van der Waals surface area contributed by atoms with Crippen molar-refractivity contribution >= 4 is 34.6 Å². The number of benzene rings is 2. The van der Waals surface area contributed by atoms with E-state index >= 15 is 0 Å². The molecule has 0 aromatic heterocycles. The Morgan fingerprint density at radius 3 is 2.59 bits per heavy atom. The molecule has 1 saturated heterocycles. The molecule has 2 aliphatic heterocycles. The highest BCUT2D eigenvalue weighted by molar-refractivity contribution is 8.18. The molecule has 6 heteroatoms. The number of hydrogen-bond acceptors (Lipinski definition) is 5. The molecule has 1 N–H and O–H groups in total. The SMILES string of the molecule is CC1C=COC1CN1C(=O)/C(=C/c2ccc(CO)cc2)S/C1=N\c1ccccc1. The molecule has 1 fully saturated rings. The molecule has 0 bridgehead atoms. The lowest BCUT2D eigenvalue weighted by atomic mass is 10.1. The van der Waals surface area contributed by atoms with E-state index in [2.05, 4.69) is 6.92 Å². The number of aliphatic hydroxyl groups excluding tert-OH is 1. The summed E-state index contributed by atoms with van der Waals surface area (Å²) in [6.07, 6.45) is 5.50. The van der Waals surface area contributed by atoms with E-state index < -0.39 is 0 Å². The van der Waals surface area contributed by atoms with Gasteiger partial charge in [0.1, 0.15) is 6.10 Å². The zero-order valence-corrected chi connectivity index (χ0v) is 16.9. The number of amides is 1. The van der Waals surface area contributed by atoms with Crippen LogP contribution in [0, 0.1) is 5.92 Å². The van der Waals surface area contributed by atoms with Crippen molar-refractivity contribution < 1.29 is 14.6 Å². The number of carbonyl (C=O) groups excluding carboxylic acids is 1. The maximum absolute atomic E-state index is 13.2. The zero-order valence-electron chi connectivity index (χ0n) is 16.1. The first-order valence-corrected chi connectivity index (χ1v) is 10.3. The summed E-state index contributed by atoms with van der Waals surface area (Å²) < 4.78 is 5.67. The lowest BCUT2D eigenvalue weighted by molar-refractivity contribution is -0.123. The van der Waals surface area contributed by atoms with Gasteiger partial charge in [0.25, 0.3) is 5.91 Å². The van der Waals surface area contributed by atoms with Crippen LogP contribution >= 0.6 is 11.8 Å². The van der Waals surface area contributed by atoms with E-state index in [1.54, 1.807) is 11.2 Å². The predicted molar refractivity (Wildman–Crippen MR) is 116 cm³/mol. The molecule has 1 amide bonds. The largest absolute Gasteiger partial charge is 0.496 e. The van der Waals surface area contributed by atoms with Crippen molar-refractivity contribution in [2.45, 2.75) is 19.6 Å². The number of para-hydroxylation sites is 1. The summed E-state index contributed by atoms with van der Waals surface area (Å²) >= 11 is 1.37. The fraction of sp³-hybridized carbons (Fsp3) is 0.217. The number of thioether (sulfide) groups is 1. The number of amidine groups is 1. The van der Waals surface area contributed by atoms with Crippen molar-refractivity contribution in [3.8, 4) is 0 Å². The Hall–Kier alpha value is -2.83. The number of aliphatic imine (C=N–C) groups is 1. The van der Waals surface area contributed by atoms with Gasteiger partial charge in [0, 0.05) is 5.92 Å². The van der Waals surface area contributed by atoms with Crippen molar-refractivity contribution in [3.05, 3.63) is 83.0 Å². The Morgan fingerprint density at radius 1 is 1.17 bits per heavy atom. The van der Waals surface area contributed by atoms with Crippen molar-refractivity contribution in [3.63, 3.8) is 0 Å². The molecule has 2 heterocycles. The highest BCUT2D eigenvalue weighted by atomic mass is 32.2. The van der Waals surface area contributed by atoms with Crippen LogP contribution in [0.4, 0.5) is 5.69 Å². The Bertz CT molecular complexity index is 967. The molecule has 0 saturated carbocycles. The van der Waals surface area contributed by atoms with Gasteiger partial charge in [0.05, 0.1) is 30.0 Å². The molecule has 2 atom stereocenters. The Morgan fingerprint density at radius 2 is 1.93 bits per heavy atom. The minimum Gasteiger partial charge on any atom is -0.496 e. The van der Waals surface area contributed by atoms with Gasteiger partial charge in [-0.25, -0.2) is 4.99 Å². The van der Waals surface area contributed by atoms with E-state index in [1.807, 2.05) is 66.7 Å². The molecule has 0 radical (unpaired) electrons. The Labute approximate surface area is 174 Å². The van der Waals surface area contributed by atoms with Crippen molar-refractivity contribution in [1.82, 2.24) is 4.90 Å². The Balaban J connectivity index is 1.63. The van der Waals surface area contributed by atoms with Gasteiger partial charge in [-0.1, -0.05) is 49.4 Å². The van der Waals surface area contributed by atoms with Crippen LogP contribution in [0.25, 0.3) is 6.08 Å². The van der Waals surface area contributed by atoms with Crippen LogP contribution in [0.5, 0.6) is 0 Å². The minimum atomic E-state index is -0.0799. The Kier molecular flexibility index (Phi) is 5.83. The van der Waals surface area contributed by atoms with Crippen LogP contribution in [0.3, 0.4) is 0 Å². The highest BCUT2D eigenvalue weighted by Gasteiger charge is 2.37. The van der Waals surface area contributed by atoms with E-state index in [4.69, 9.17) is 9.73 Å². The standard InChI is InChI=1S/C23H22N2O3S/c1-16-11-12-28-20(16)14-25-22(27)21(13-17-7-9-18(15-26)10-8-17)29-23(25)24-19-5-3-2-4-6-19/h2-13,16,20,26H,14-15H2,1H3/b21-13-,24-23-. The van der Waals surface area contributed by atoms with Crippen LogP contribution in [0.2, 0.25) is 0 Å². The van der Waals surface area contributed by atoms with Gasteiger partial charge in [-0.3, -0.25) is 9.69 Å². The van der Waals surface area contributed by atoms with Gasteiger partial charge < -0.3 is 9.84 Å². The van der Waals surface area contributed by atoms with Gasteiger partial charge in [-0.2, -0.15) is 0 Å². The molecule has 29 heavy (non-hydrogen) atoms. The van der Waals surface area contributed by atoms with E-state index in [1.165, 1.54) is 11.8 Å². The minimum absolute atomic E-state index is 0.000199. The van der Waals surface area contributed by atoms with Crippen LogP contribution in [-0.4, -0.2) is 33.7 Å². The number of nitrogens with zero attached hydrogens (tertiary/aromatic N) is 2. The van der Waals surface area contributed by atoms with Gasteiger partial charge >= 0.3 is 0 Å². The lowest BCUT2D eigenvalue weighted by Crippen LogP contribution is -2.38. The number of ether oxygens (including phenoxy) is 1. The molecule has 2 aromatic carbocycles. The summed E-state index contributed by atoms with van der Waals surface area (Å²) in [6, 6.07) is 17.1. The van der Waals surface area contributed by atoms with E-state index in [9.17, 15) is 9.90 Å². The fourth-order valence-corrected chi connectivity index (χ4v) is 4.15. The molecule has 4 rings (SSSR count). The number of aliphatic hydroxyl groups is 1. The van der Waals surface area contributed by atoms with Crippen molar-refractivity contribution in [2.75, 3.05) is 6.54 Å². The third-order valence-corrected chi connectivity index (χ3v) is 5.92. The van der Waals surface area contributed by atoms with Crippen LogP contribution < -0.4 is 0 Å². The third-order valence-electron chi connectivity index (χ3n) is 4.91. The first-order valence-electron chi connectivity index (χ1n) is 9.51. The molecule has 2 aliphatic rings. The molecule has 2 unspecified atom stereocenters. The van der Waals surface area contributed by atoms with Gasteiger partial charge in [0.2, 0.25) is 0 Å². The predicted octanol–water partition coefficient (Wildman–Crippen LogP) is 4.33. The first kappa shape index (κ1) is 19.5. The second-order valence-electron chi connectivity index (χ2n) is 7.02. The van der Waals surface area contributed by atoms with Crippen LogP contribution in [-0.2, 0) is 16.1 Å². The maximum Gasteiger partial charge on any atom is 0.266 e. The molecule has 0 aliphatic carbocycles. The molecular weight excluding hydrogens is 384 g/mol. The average Bonchev–Trinajstić information content (AvgIpc) is 3.28. The normalized spacial score (nSPS) is 23.9. The van der Waals surface area contributed by atoms with E-state index in [-0.39, 0.29) is 24.5 Å². The van der Waals surface area contributed by atoms with Gasteiger partial charge in [-0.15, -0.1) is 0 Å². The summed E-state index contributed by atoms with van der Waals surface area (Å²) in [4.78, 5) is 20.2. The smallest absolute Gasteiger partial charge is 0.266 e. The number of hydrogen-bond donors (Lipinski definition) is 1. The zero-order chi connectivity index (χ0) is 20.2. The average molecular weight is 407 g/mol. The molecule has 2 aromatic rings. The first-order chi connectivity index (χ1) is 14.1. The quantitative estimate of drug-likeness (QED) is 0.751. The number of rotatable bonds is 5. The van der Waals surface area contributed by atoms with Gasteiger partial charge in [0.15, 0.2) is 5.17 Å². The second kappa shape index (κ2) is 8.68. The van der Waals surface area contributed by atoms with Crippen molar-refractivity contribution in [2.24, 2.45) is 10.9 Å². The fourth-order valence-electron chi connectivity index (χ4n) is 3.14. The third kappa shape index (κ3) is 4.44. The monoisotopic (exact) mass is 406 g/mol. The van der Waals surface area contributed by atoms with E-state index in [0.717, 1.165) is 16.8 Å². The van der Waals surface area contributed by atoms with Crippen molar-refractivity contribution in [1.29, 1.82) is 0 Å². The summed E-state index contributed by atoms with van der Waals surface area (Å²) in [5, 5.41) is 9.86.